The van der Waals surface area contributed by atoms with Crippen LogP contribution in [-0.4, -0.2) is 13.2 Å². The van der Waals surface area contributed by atoms with Gasteiger partial charge in [0.15, 0.2) is 0 Å². The van der Waals surface area contributed by atoms with E-state index in [9.17, 15) is 0 Å². The number of nitrogens with two attached hydrogens (primary N) is 1. The van der Waals surface area contributed by atoms with Gasteiger partial charge in [-0.3, -0.25) is 0 Å². The van der Waals surface area contributed by atoms with Gasteiger partial charge in [-0.2, -0.15) is 0 Å². The van der Waals surface area contributed by atoms with Crippen molar-refractivity contribution >= 4 is 37.5 Å². The Morgan fingerprint density at radius 2 is 1.53 bits per heavy atom. The third kappa shape index (κ3) is 4.14. The van der Waals surface area contributed by atoms with E-state index in [4.69, 9.17) is 15.2 Å². The summed E-state index contributed by atoms with van der Waals surface area (Å²) in [6, 6.07) is 13.1. The molecule has 2 aromatic rings. The fraction of sp³-hybridized carbons (Fsp3) is 0.143. The molecule has 0 aromatic heterocycles. The van der Waals surface area contributed by atoms with E-state index in [0.717, 1.165) is 20.4 Å². The summed E-state index contributed by atoms with van der Waals surface area (Å²) in [5.41, 5.74) is 6.36. The van der Waals surface area contributed by atoms with E-state index in [0.29, 0.717) is 18.9 Å². The highest BCUT2D eigenvalue weighted by atomic mass is 79.9. The van der Waals surface area contributed by atoms with Crippen LogP contribution in [0.25, 0.3) is 0 Å². The van der Waals surface area contributed by atoms with E-state index in [-0.39, 0.29) is 0 Å². The average molecular weight is 387 g/mol. The Morgan fingerprint density at radius 3 is 2.21 bits per heavy atom. The van der Waals surface area contributed by atoms with E-state index in [1.54, 1.807) is 6.07 Å². The van der Waals surface area contributed by atoms with E-state index in [1.807, 2.05) is 36.4 Å². The number of rotatable bonds is 5. The summed E-state index contributed by atoms with van der Waals surface area (Å²) in [6.45, 7) is 0.910. The molecule has 0 radical (unpaired) electrons. The van der Waals surface area contributed by atoms with Crippen molar-refractivity contribution < 1.29 is 9.47 Å². The van der Waals surface area contributed by atoms with E-state index in [2.05, 4.69) is 31.9 Å². The fourth-order valence-corrected chi connectivity index (χ4v) is 2.76. The second-order valence-corrected chi connectivity index (χ2v) is 5.53. The highest BCUT2D eigenvalue weighted by molar-refractivity contribution is 9.11. The molecule has 0 fully saturated rings. The number of nitrogen functional groups attached to an aromatic ring is 1. The predicted molar refractivity (Wildman–Crippen MR) is 83.7 cm³/mol. The highest BCUT2D eigenvalue weighted by Gasteiger charge is 2.05. The molecule has 0 spiro atoms. The first kappa shape index (κ1) is 14.2. The lowest BCUT2D eigenvalue weighted by molar-refractivity contribution is 0.215. The van der Waals surface area contributed by atoms with Crippen molar-refractivity contribution in [3.05, 3.63) is 51.4 Å². The van der Waals surface area contributed by atoms with Crippen LogP contribution >= 0.6 is 31.9 Å². The molecule has 0 heterocycles. The van der Waals surface area contributed by atoms with E-state index < -0.39 is 0 Å². The van der Waals surface area contributed by atoms with Crippen molar-refractivity contribution in [3.63, 3.8) is 0 Å². The normalized spacial score (nSPS) is 10.2. The van der Waals surface area contributed by atoms with Crippen LogP contribution in [0.2, 0.25) is 0 Å². The van der Waals surface area contributed by atoms with Crippen molar-refractivity contribution in [2.24, 2.45) is 0 Å². The Kier molecular flexibility index (Phi) is 5.10. The first-order valence-electron chi connectivity index (χ1n) is 5.72. The third-order valence-corrected chi connectivity index (χ3v) is 3.62. The van der Waals surface area contributed by atoms with Gasteiger partial charge in [0.05, 0.1) is 8.95 Å². The van der Waals surface area contributed by atoms with Crippen molar-refractivity contribution in [2.45, 2.75) is 0 Å². The first-order chi connectivity index (χ1) is 9.16. The summed E-state index contributed by atoms with van der Waals surface area (Å²) in [6.07, 6.45) is 0. The second-order valence-electron chi connectivity index (χ2n) is 3.82. The molecule has 0 saturated heterocycles. The molecule has 0 aliphatic carbocycles. The standard InChI is InChI=1S/C14H13Br2NO2/c15-12-5-2-6-13(16)14(12)19-8-7-18-11-4-1-3-10(17)9-11/h1-6,9H,7-8,17H2. The summed E-state index contributed by atoms with van der Waals surface area (Å²) in [4.78, 5) is 0. The van der Waals surface area contributed by atoms with Gasteiger partial charge in [0.25, 0.3) is 0 Å². The van der Waals surface area contributed by atoms with Gasteiger partial charge < -0.3 is 15.2 Å². The van der Waals surface area contributed by atoms with Gasteiger partial charge in [0.1, 0.15) is 24.7 Å². The van der Waals surface area contributed by atoms with Gasteiger partial charge in [-0.05, 0) is 56.1 Å². The van der Waals surface area contributed by atoms with Crippen molar-refractivity contribution in [3.8, 4) is 11.5 Å². The first-order valence-corrected chi connectivity index (χ1v) is 7.30. The Labute approximate surface area is 129 Å². The van der Waals surface area contributed by atoms with Gasteiger partial charge in [-0.25, -0.2) is 0 Å². The van der Waals surface area contributed by atoms with Crippen LogP contribution in [0.5, 0.6) is 11.5 Å². The quantitative estimate of drug-likeness (QED) is 0.617. The molecule has 0 aliphatic heterocycles. The zero-order valence-corrected chi connectivity index (χ0v) is 13.3. The molecule has 19 heavy (non-hydrogen) atoms. The van der Waals surface area contributed by atoms with Gasteiger partial charge in [0, 0.05) is 11.8 Å². The molecule has 0 bridgehead atoms. The Bertz CT molecular complexity index is 541. The summed E-state index contributed by atoms with van der Waals surface area (Å²) in [7, 11) is 0. The predicted octanol–water partition coefficient (Wildman–Crippen LogP) is 4.25. The zero-order chi connectivity index (χ0) is 13.7. The van der Waals surface area contributed by atoms with Crippen molar-refractivity contribution in [1.82, 2.24) is 0 Å². The molecule has 2 aromatic carbocycles. The van der Waals surface area contributed by atoms with Crippen LogP contribution in [0.1, 0.15) is 0 Å². The third-order valence-electron chi connectivity index (χ3n) is 2.38. The minimum Gasteiger partial charge on any atom is -0.490 e. The molecule has 0 amide bonds. The molecule has 0 atom stereocenters. The maximum atomic E-state index is 5.67. The molecule has 3 nitrogen and oxygen atoms in total. The summed E-state index contributed by atoms with van der Waals surface area (Å²) in [5.74, 6) is 1.52. The van der Waals surface area contributed by atoms with Crippen LogP contribution < -0.4 is 15.2 Å². The molecule has 2 N–H and O–H groups in total. The lowest BCUT2D eigenvalue weighted by Crippen LogP contribution is -2.09. The van der Waals surface area contributed by atoms with Crippen LogP contribution in [-0.2, 0) is 0 Å². The van der Waals surface area contributed by atoms with E-state index >= 15 is 0 Å². The van der Waals surface area contributed by atoms with Crippen molar-refractivity contribution in [1.29, 1.82) is 0 Å². The number of ether oxygens (including phenoxy) is 2. The monoisotopic (exact) mass is 385 g/mol. The fourth-order valence-electron chi connectivity index (χ4n) is 1.53. The number of benzene rings is 2. The van der Waals surface area contributed by atoms with Crippen LogP contribution in [0.3, 0.4) is 0 Å². The second kappa shape index (κ2) is 6.82. The molecule has 0 aliphatic rings. The van der Waals surface area contributed by atoms with Gasteiger partial charge >= 0.3 is 0 Å². The smallest absolute Gasteiger partial charge is 0.147 e. The van der Waals surface area contributed by atoms with Crippen molar-refractivity contribution in [2.75, 3.05) is 18.9 Å². The SMILES string of the molecule is Nc1cccc(OCCOc2c(Br)cccc2Br)c1. The van der Waals surface area contributed by atoms with Crippen LogP contribution in [0, 0.1) is 0 Å². The molecule has 0 saturated carbocycles. The summed E-state index contributed by atoms with van der Waals surface area (Å²) < 4.78 is 13.0. The Hall–Kier alpha value is -1.20. The number of hydrogen-bond donors (Lipinski definition) is 1. The lowest BCUT2D eigenvalue weighted by Gasteiger charge is -2.11. The molecular formula is C14H13Br2NO2. The number of anilines is 1. The lowest BCUT2D eigenvalue weighted by atomic mass is 10.3. The molecule has 2 rings (SSSR count). The highest BCUT2D eigenvalue weighted by Crippen LogP contribution is 2.32. The Morgan fingerprint density at radius 1 is 0.895 bits per heavy atom. The topological polar surface area (TPSA) is 44.5 Å². The average Bonchev–Trinajstić information content (AvgIpc) is 2.37. The number of hydrogen-bond acceptors (Lipinski definition) is 3. The van der Waals surface area contributed by atoms with Gasteiger partial charge in [-0.1, -0.05) is 12.1 Å². The minimum absolute atomic E-state index is 0.454. The van der Waals surface area contributed by atoms with Crippen LogP contribution in [0.4, 0.5) is 5.69 Å². The van der Waals surface area contributed by atoms with Gasteiger partial charge in [0.2, 0.25) is 0 Å². The Balaban J connectivity index is 1.84. The molecule has 5 heteroatoms. The number of para-hydroxylation sites is 1. The largest absolute Gasteiger partial charge is 0.490 e. The van der Waals surface area contributed by atoms with Crippen LogP contribution in [0.15, 0.2) is 51.4 Å². The summed E-state index contributed by atoms with van der Waals surface area (Å²) in [5, 5.41) is 0. The van der Waals surface area contributed by atoms with E-state index in [1.165, 1.54) is 0 Å². The number of halogens is 2. The minimum atomic E-state index is 0.454. The van der Waals surface area contributed by atoms with Gasteiger partial charge in [-0.15, -0.1) is 0 Å². The maximum Gasteiger partial charge on any atom is 0.147 e. The summed E-state index contributed by atoms with van der Waals surface area (Å²) >= 11 is 6.88. The molecule has 0 unspecified atom stereocenters. The zero-order valence-electron chi connectivity index (χ0n) is 10.1. The molecular weight excluding hydrogens is 374 g/mol. The molecule has 100 valence electrons. The maximum absolute atomic E-state index is 5.67.